The van der Waals surface area contributed by atoms with Crippen molar-refractivity contribution in [3.05, 3.63) is 29.3 Å². The summed E-state index contributed by atoms with van der Waals surface area (Å²) in [6.07, 6.45) is 2.21. The molecule has 2 atom stereocenters. The maximum Gasteiger partial charge on any atom is 0.243 e. The van der Waals surface area contributed by atoms with Gasteiger partial charge >= 0.3 is 0 Å². The van der Waals surface area contributed by atoms with E-state index in [1.807, 2.05) is 26.0 Å². The lowest BCUT2D eigenvalue weighted by Crippen LogP contribution is -2.52. The second-order valence-corrected chi connectivity index (χ2v) is 9.94. The summed E-state index contributed by atoms with van der Waals surface area (Å²) >= 11 is 0. The van der Waals surface area contributed by atoms with E-state index in [1.54, 1.807) is 6.07 Å². The largest absolute Gasteiger partial charge is 0.352 e. The highest BCUT2D eigenvalue weighted by Crippen LogP contribution is 2.26. The van der Waals surface area contributed by atoms with Gasteiger partial charge in [0.15, 0.2) is 0 Å². The van der Waals surface area contributed by atoms with Gasteiger partial charge in [0.25, 0.3) is 0 Å². The third-order valence-electron chi connectivity index (χ3n) is 5.93. The van der Waals surface area contributed by atoms with Crippen LogP contribution in [0.2, 0.25) is 0 Å². The van der Waals surface area contributed by atoms with E-state index >= 15 is 0 Å². The van der Waals surface area contributed by atoms with Crippen LogP contribution in [0.5, 0.6) is 0 Å². The Morgan fingerprint density at radius 3 is 2.52 bits per heavy atom. The third-order valence-corrected chi connectivity index (χ3v) is 7.99. The lowest BCUT2D eigenvalue weighted by molar-refractivity contribution is -0.127. The van der Waals surface area contributed by atoms with Crippen LogP contribution >= 0.6 is 0 Å². The SMILES string of the molecule is Cc1ccc(S(=O)(=O)N2CCC(C(=O)NC3CNCCC3C)CC2)c(C)c1. The molecule has 0 aliphatic carbocycles. The molecule has 0 spiro atoms. The summed E-state index contributed by atoms with van der Waals surface area (Å²) in [4.78, 5) is 13.0. The Bertz CT molecular complexity index is 786. The first-order valence-electron chi connectivity index (χ1n) is 9.87. The van der Waals surface area contributed by atoms with Gasteiger partial charge < -0.3 is 10.6 Å². The fraction of sp³-hybridized carbons (Fsp3) is 0.650. The van der Waals surface area contributed by atoms with Crippen molar-refractivity contribution < 1.29 is 13.2 Å². The van der Waals surface area contributed by atoms with Gasteiger partial charge in [0, 0.05) is 31.6 Å². The molecule has 2 fully saturated rings. The van der Waals surface area contributed by atoms with E-state index < -0.39 is 10.0 Å². The number of carbonyl (C=O) groups is 1. The number of benzene rings is 1. The molecule has 2 aliphatic heterocycles. The fourth-order valence-electron chi connectivity index (χ4n) is 4.07. The van der Waals surface area contributed by atoms with Gasteiger partial charge in [0.2, 0.25) is 15.9 Å². The summed E-state index contributed by atoms with van der Waals surface area (Å²) in [5, 5.41) is 6.50. The van der Waals surface area contributed by atoms with Crippen molar-refractivity contribution in [1.29, 1.82) is 0 Å². The monoisotopic (exact) mass is 393 g/mol. The normalized spacial score (nSPS) is 25.3. The van der Waals surface area contributed by atoms with Crippen molar-refractivity contribution in [2.45, 2.75) is 51.0 Å². The number of aryl methyl sites for hydroxylation is 2. The van der Waals surface area contributed by atoms with Crippen LogP contribution in [0.25, 0.3) is 0 Å². The number of carbonyl (C=O) groups excluding carboxylic acids is 1. The molecule has 1 amide bonds. The van der Waals surface area contributed by atoms with Crippen LogP contribution in [-0.4, -0.2) is 50.9 Å². The summed E-state index contributed by atoms with van der Waals surface area (Å²) in [6, 6.07) is 5.59. The standard InChI is InChI=1S/C20H31N3O3S/c1-14-4-5-19(16(3)12-14)27(25,26)23-10-7-17(8-11-23)20(24)22-18-13-21-9-6-15(18)2/h4-5,12,15,17-18,21H,6-11,13H2,1-3H3,(H,22,24). The minimum Gasteiger partial charge on any atom is -0.352 e. The Kier molecular flexibility index (Phi) is 6.23. The molecule has 2 aliphatic rings. The zero-order valence-electron chi connectivity index (χ0n) is 16.5. The Hall–Kier alpha value is -1.44. The topological polar surface area (TPSA) is 78.5 Å². The molecule has 0 bridgehead atoms. The van der Waals surface area contributed by atoms with Crippen molar-refractivity contribution in [3.63, 3.8) is 0 Å². The smallest absolute Gasteiger partial charge is 0.243 e. The second-order valence-electron chi connectivity index (χ2n) is 8.03. The molecule has 3 rings (SSSR count). The van der Waals surface area contributed by atoms with Crippen LogP contribution in [0.1, 0.15) is 37.3 Å². The van der Waals surface area contributed by atoms with Gasteiger partial charge in [-0.2, -0.15) is 4.31 Å². The third kappa shape index (κ3) is 4.52. The number of nitrogens with zero attached hydrogens (tertiary/aromatic N) is 1. The van der Waals surface area contributed by atoms with Gasteiger partial charge in [-0.15, -0.1) is 0 Å². The molecule has 150 valence electrons. The molecule has 2 heterocycles. The average Bonchev–Trinajstić information content (AvgIpc) is 2.63. The Morgan fingerprint density at radius 1 is 1.19 bits per heavy atom. The number of sulfonamides is 1. The molecule has 6 nitrogen and oxygen atoms in total. The van der Waals surface area contributed by atoms with E-state index in [0.717, 1.165) is 30.6 Å². The minimum absolute atomic E-state index is 0.0686. The number of nitrogens with one attached hydrogen (secondary N) is 2. The minimum atomic E-state index is -3.50. The molecule has 27 heavy (non-hydrogen) atoms. The highest BCUT2D eigenvalue weighted by atomic mass is 32.2. The molecular weight excluding hydrogens is 362 g/mol. The van der Waals surface area contributed by atoms with Crippen LogP contribution in [0.15, 0.2) is 23.1 Å². The first-order valence-corrected chi connectivity index (χ1v) is 11.3. The van der Waals surface area contributed by atoms with Crippen molar-refractivity contribution in [2.75, 3.05) is 26.2 Å². The maximum atomic E-state index is 13.0. The lowest BCUT2D eigenvalue weighted by atomic mass is 9.92. The highest BCUT2D eigenvalue weighted by molar-refractivity contribution is 7.89. The molecule has 2 N–H and O–H groups in total. The van der Waals surface area contributed by atoms with Crippen LogP contribution in [-0.2, 0) is 14.8 Å². The Balaban J connectivity index is 1.60. The van der Waals surface area contributed by atoms with E-state index in [-0.39, 0.29) is 17.9 Å². The van der Waals surface area contributed by atoms with Crippen LogP contribution in [0.3, 0.4) is 0 Å². The maximum absolute atomic E-state index is 13.0. The van der Waals surface area contributed by atoms with Crippen molar-refractivity contribution in [1.82, 2.24) is 14.9 Å². The van der Waals surface area contributed by atoms with Gasteiger partial charge in [-0.1, -0.05) is 24.6 Å². The summed E-state index contributed by atoms with van der Waals surface area (Å²) in [6.45, 7) is 8.56. The van der Waals surface area contributed by atoms with Crippen molar-refractivity contribution >= 4 is 15.9 Å². The highest BCUT2D eigenvalue weighted by Gasteiger charge is 2.34. The van der Waals surface area contributed by atoms with E-state index in [0.29, 0.717) is 36.7 Å². The van der Waals surface area contributed by atoms with E-state index in [9.17, 15) is 13.2 Å². The molecule has 1 aromatic carbocycles. The van der Waals surface area contributed by atoms with Crippen molar-refractivity contribution in [3.8, 4) is 0 Å². The lowest BCUT2D eigenvalue weighted by Gasteiger charge is -2.34. The zero-order chi connectivity index (χ0) is 19.6. The predicted molar refractivity (Wildman–Crippen MR) is 106 cm³/mol. The first kappa shape index (κ1) is 20.3. The Morgan fingerprint density at radius 2 is 1.89 bits per heavy atom. The van der Waals surface area contributed by atoms with Crippen LogP contribution in [0.4, 0.5) is 0 Å². The van der Waals surface area contributed by atoms with E-state index in [2.05, 4.69) is 17.6 Å². The summed E-state index contributed by atoms with van der Waals surface area (Å²) in [7, 11) is -3.50. The summed E-state index contributed by atoms with van der Waals surface area (Å²) in [5.74, 6) is 0.434. The fourth-order valence-corrected chi connectivity index (χ4v) is 5.75. The number of amides is 1. The zero-order valence-corrected chi connectivity index (χ0v) is 17.3. The molecule has 2 saturated heterocycles. The van der Waals surface area contributed by atoms with Gasteiger partial charge in [0.1, 0.15) is 0 Å². The predicted octanol–water partition coefficient (Wildman–Crippen LogP) is 1.82. The van der Waals surface area contributed by atoms with E-state index in [4.69, 9.17) is 0 Å². The number of rotatable bonds is 4. The molecule has 2 unspecified atom stereocenters. The number of piperidine rings is 2. The average molecular weight is 394 g/mol. The molecule has 7 heteroatoms. The quantitative estimate of drug-likeness (QED) is 0.818. The van der Waals surface area contributed by atoms with Crippen LogP contribution < -0.4 is 10.6 Å². The number of hydrogen-bond acceptors (Lipinski definition) is 4. The first-order chi connectivity index (χ1) is 12.8. The molecule has 0 saturated carbocycles. The van der Waals surface area contributed by atoms with Gasteiger partial charge in [-0.05, 0) is 57.2 Å². The van der Waals surface area contributed by atoms with Crippen molar-refractivity contribution in [2.24, 2.45) is 11.8 Å². The van der Waals surface area contributed by atoms with E-state index in [1.165, 1.54) is 4.31 Å². The number of hydrogen-bond donors (Lipinski definition) is 2. The van der Waals surface area contributed by atoms with Gasteiger partial charge in [0.05, 0.1) is 4.90 Å². The van der Waals surface area contributed by atoms with Gasteiger partial charge in [-0.25, -0.2) is 8.42 Å². The van der Waals surface area contributed by atoms with Gasteiger partial charge in [-0.3, -0.25) is 4.79 Å². The molecular formula is C20H31N3O3S. The summed E-state index contributed by atoms with van der Waals surface area (Å²) in [5.41, 5.74) is 1.82. The molecule has 0 radical (unpaired) electrons. The Labute approximate surface area is 162 Å². The summed E-state index contributed by atoms with van der Waals surface area (Å²) < 4.78 is 27.5. The molecule has 0 aromatic heterocycles. The van der Waals surface area contributed by atoms with Crippen LogP contribution in [0, 0.1) is 25.7 Å². The molecule has 1 aromatic rings. The second kappa shape index (κ2) is 8.29.